The minimum absolute atomic E-state index is 0.0149. The van der Waals surface area contributed by atoms with Crippen molar-refractivity contribution in [1.29, 1.82) is 0 Å². The molecule has 2 aromatic carbocycles. The Morgan fingerprint density at radius 3 is 2.70 bits per heavy atom. The first-order valence-electron chi connectivity index (χ1n) is 10.0. The SMILES string of the molecule is O=C(COc1ccc(C2SCCCS2)cc1)NCc1cccc(Cn2ccnc2)c1. The lowest BCUT2D eigenvalue weighted by molar-refractivity contribution is -0.123. The zero-order valence-electron chi connectivity index (χ0n) is 16.7. The first kappa shape index (κ1) is 20.9. The van der Waals surface area contributed by atoms with Gasteiger partial charge >= 0.3 is 0 Å². The Kier molecular flexibility index (Phi) is 7.37. The third-order valence-electron chi connectivity index (χ3n) is 4.75. The molecule has 0 unspecified atom stereocenters. The molecule has 1 N–H and O–H groups in total. The molecular weight excluding hydrogens is 414 g/mol. The van der Waals surface area contributed by atoms with Crippen LogP contribution in [0.1, 0.15) is 27.7 Å². The maximum Gasteiger partial charge on any atom is 0.258 e. The van der Waals surface area contributed by atoms with Gasteiger partial charge in [0.15, 0.2) is 6.61 Å². The lowest BCUT2D eigenvalue weighted by Crippen LogP contribution is -2.28. The average Bonchev–Trinajstić information content (AvgIpc) is 3.30. The predicted octanol–water partition coefficient (Wildman–Crippen LogP) is 4.50. The average molecular weight is 440 g/mol. The summed E-state index contributed by atoms with van der Waals surface area (Å²) < 4.78 is 8.19. The molecule has 7 heteroatoms. The van der Waals surface area contributed by atoms with E-state index >= 15 is 0 Å². The number of nitrogens with zero attached hydrogens (tertiary/aromatic N) is 2. The van der Waals surface area contributed by atoms with E-state index < -0.39 is 0 Å². The summed E-state index contributed by atoms with van der Waals surface area (Å²) in [6.07, 6.45) is 6.79. The Balaban J connectivity index is 1.22. The van der Waals surface area contributed by atoms with E-state index in [0.29, 0.717) is 11.1 Å². The number of imidazole rings is 1. The molecule has 1 fully saturated rings. The summed E-state index contributed by atoms with van der Waals surface area (Å²) in [5.74, 6) is 3.05. The molecular formula is C23H25N3O2S2. The molecule has 2 heterocycles. The Morgan fingerprint density at radius 2 is 1.93 bits per heavy atom. The van der Waals surface area contributed by atoms with E-state index in [1.165, 1.54) is 29.1 Å². The van der Waals surface area contributed by atoms with Gasteiger partial charge in [-0.15, -0.1) is 23.5 Å². The number of ether oxygens (including phenoxy) is 1. The number of benzene rings is 2. The molecule has 1 amide bonds. The normalized spacial score (nSPS) is 14.4. The fraction of sp³-hybridized carbons (Fsp3) is 0.304. The number of carbonyl (C=O) groups is 1. The van der Waals surface area contributed by atoms with Gasteiger partial charge in [-0.25, -0.2) is 4.98 Å². The smallest absolute Gasteiger partial charge is 0.258 e. The highest BCUT2D eigenvalue weighted by Crippen LogP contribution is 2.43. The second-order valence-electron chi connectivity index (χ2n) is 7.12. The van der Waals surface area contributed by atoms with Crippen LogP contribution in [-0.4, -0.2) is 33.6 Å². The van der Waals surface area contributed by atoms with Crippen molar-refractivity contribution in [3.8, 4) is 5.75 Å². The Morgan fingerprint density at radius 1 is 1.13 bits per heavy atom. The first-order chi connectivity index (χ1) is 14.8. The Labute approximate surface area is 185 Å². The van der Waals surface area contributed by atoms with Crippen molar-refractivity contribution in [3.63, 3.8) is 0 Å². The lowest BCUT2D eigenvalue weighted by Gasteiger charge is -2.21. The largest absolute Gasteiger partial charge is 0.484 e. The monoisotopic (exact) mass is 439 g/mol. The molecule has 4 rings (SSSR count). The van der Waals surface area contributed by atoms with Crippen LogP contribution in [0.2, 0.25) is 0 Å². The summed E-state index contributed by atoms with van der Waals surface area (Å²) in [6, 6.07) is 16.3. The van der Waals surface area contributed by atoms with Gasteiger partial charge < -0.3 is 14.6 Å². The molecule has 1 aliphatic rings. The molecule has 0 aliphatic carbocycles. The van der Waals surface area contributed by atoms with E-state index in [0.717, 1.165) is 17.9 Å². The highest BCUT2D eigenvalue weighted by atomic mass is 32.2. The van der Waals surface area contributed by atoms with Gasteiger partial charge in [-0.2, -0.15) is 0 Å². The van der Waals surface area contributed by atoms with E-state index in [1.54, 1.807) is 12.5 Å². The summed E-state index contributed by atoms with van der Waals surface area (Å²) in [5.41, 5.74) is 3.55. The summed E-state index contributed by atoms with van der Waals surface area (Å²) in [7, 11) is 0. The third-order valence-corrected chi connectivity index (χ3v) is 7.77. The second-order valence-corrected chi connectivity index (χ2v) is 9.84. The van der Waals surface area contributed by atoms with E-state index in [4.69, 9.17) is 4.74 Å². The van der Waals surface area contributed by atoms with Crippen molar-refractivity contribution >= 4 is 29.4 Å². The van der Waals surface area contributed by atoms with E-state index in [-0.39, 0.29) is 12.5 Å². The molecule has 30 heavy (non-hydrogen) atoms. The van der Waals surface area contributed by atoms with E-state index in [1.807, 2.05) is 58.6 Å². The second kappa shape index (κ2) is 10.6. The maximum atomic E-state index is 12.2. The zero-order valence-corrected chi connectivity index (χ0v) is 18.3. The minimum atomic E-state index is -0.127. The van der Waals surface area contributed by atoms with Gasteiger partial charge in [0.2, 0.25) is 0 Å². The number of hydrogen-bond acceptors (Lipinski definition) is 5. The molecule has 0 radical (unpaired) electrons. The molecule has 1 aliphatic heterocycles. The number of thioether (sulfide) groups is 2. The summed E-state index contributed by atoms with van der Waals surface area (Å²) in [4.78, 5) is 16.3. The van der Waals surface area contributed by atoms with Gasteiger partial charge in [-0.05, 0) is 46.7 Å². The van der Waals surface area contributed by atoms with Crippen molar-refractivity contribution in [2.75, 3.05) is 18.1 Å². The predicted molar refractivity (Wildman–Crippen MR) is 124 cm³/mol. The molecule has 0 spiro atoms. The third kappa shape index (κ3) is 6.06. The van der Waals surface area contributed by atoms with Crippen molar-refractivity contribution in [1.82, 2.24) is 14.9 Å². The van der Waals surface area contributed by atoms with E-state index in [2.05, 4.69) is 34.6 Å². The topological polar surface area (TPSA) is 56.1 Å². The standard InChI is InChI=1S/C23H25N3O2S2/c27-22(16-28-21-7-5-20(6-8-21)23-29-11-2-12-30-23)25-14-18-3-1-4-19(13-18)15-26-10-9-24-17-26/h1,3-10,13,17,23H,2,11-12,14-16H2,(H,25,27). The number of carbonyl (C=O) groups excluding carboxylic acids is 1. The van der Waals surface area contributed by atoms with Crippen molar-refractivity contribution in [2.45, 2.75) is 24.1 Å². The number of aromatic nitrogens is 2. The van der Waals surface area contributed by atoms with Gasteiger partial charge in [0.25, 0.3) is 5.91 Å². The van der Waals surface area contributed by atoms with Gasteiger partial charge in [0.05, 0.1) is 10.9 Å². The van der Waals surface area contributed by atoms with Crippen LogP contribution in [0.3, 0.4) is 0 Å². The molecule has 1 aromatic heterocycles. The summed E-state index contributed by atoms with van der Waals surface area (Å²) in [5, 5.41) is 2.93. The molecule has 0 atom stereocenters. The van der Waals surface area contributed by atoms with Crippen molar-refractivity contribution < 1.29 is 9.53 Å². The Bertz CT molecular complexity index is 939. The summed E-state index contributed by atoms with van der Waals surface area (Å²) >= 11 is 4.00. The van der Waals surface area contributed by atoms with Crippen LogP contribution in [0.4, 0.5) is 0 Å². The van der Waals surface area contributed by atoms with Crippen LogP contribution in [0.25, 0.3) is 0 Å². The van der Waals surface area contributed by atoms with Crippen LogP contribution in [0.15, 0.2) is 67.3 Å². The molecule has 5 nitrogen and oxygen atoms in total. The van der Waals surface area contributed by atoms with Gasteiger partial charge in [-0.1, -0.05) is 36.4 Å². The maximum absolute atomic E-state index is 12.2. The number of hydrogen-bond donors (Lipinski definition) is 1. The van der Waals surface area contributed by atoms with Crippen LogP contribution in [0.5, 0.6) is 5.75 Å². The number of amides is 1. The van der Waals surface area contributed by atoms with Crippen LogP contribution < -0.4 is 10.1 Å². The van der Waals surface area contributed by atoms with Crippen LogP contribution >= 0.6 is 23.5 Å². The van der Waals surface area contributed by atoms with E-state index in [9.17, 15) is 4.79 Å². The van der Waals surface area contributed by atoms with Crippen molar-refractivity contribution in [2.24, 2.45) is 0 Å². The lowest BCUT2D eigenvalue weighted by atomic mass is 10.1. The summed E-state index contributed by atoms with van der Waals surface area (Å²) in [6.45, 7) is 1.26. The molecule has 0 saturated carbocycles. The van der Waals surface area contributed by atoms with Crippen LogP contribution in [-0.2, 0) is 17.9 Å². The van der Waals surface area contributed by atoms with Gasteiger partial charge in [0.1, 0.15) is 5.75 Å². The van der Waals surface area contributed by atoms with Crippen LogP contribution in [0, 0.1) is 0 Å². The van der Waals surface area contributed by atoms with Gasteiger partial charge in [0, 0.05) is 25.5 Å². The quantitative estimate of drug-likeness (QED) is 0.560. The highest BCUT2D eigenvalue weighted by molar-refractivity contribution is 8.16. The molecule has 1 saturated heterocycles. The minimum Gasteiger partial charge on any atom is -0.484 e. The van der Waals surface area contributed by atoms with Crippen molar-refractivity contribution in [3.05, 3.63) is 83.9 Å². The highest BCUT2D eigenvalue weighted by Gasteiger charge is 2.16. The number of nitrogens with one attached hydrogen (secondary N) is 1. The fourth-order valence-corrected chi connectivity index (χ4v) is 6.13. The molecule has 156 valence electrons. The van der Waals surface area contributed by atoms with Gasteiger partial charge in [-0.3, -0.25) is 4.79 Å². The molecule has 3 aromatic rings. The Hall–Kier alpha value is -2.38. The fourth-order valence-electron chi connectivity index (χ4n) is 3.23. The zero-order chi connectivity index (χ0) is 20.6. The molecule has 0 bridgehead atoms. The first-order valence-corrected chi connectivity index (χ1v) is 12.1. The number of rotatable bonds is 8.